The lowest BCUT2D eigenvalue weighted by Crippen LogP contribution is -2.34. The molecular weight excluding hydrogens is 396 g/mol. The van der Waals surface area contributed by atoms with Gasteiger partial charge >= 0.3 is 5.97 Å². The van der Waals surface area contributed by atoms with Gasteiger partial charge in [-0.25, -0.2) is 4.79 Å². The third kappa shape index (κ3) is 5.36. The highest BCUT2D eigenvalue weighted by Crippen LogP contribution is 2.15. The number of aromatic nitrogens is 1. The summed E-state index contributed by atoms with van der Waals surface area (Å²) < 4.78 is 10.6. The summed E-state index contributed by atoms with van der Waals surface area (Å²) in [4.78, 5) is 40.3. The molecule has 1 heterocycles. The molecule has 7 nitrogen and oxygen atoms in total. The molecule has 1 N–H and O–H groups in total. The Morgan fingerprint density at radius 2 is 1.83 bits per heavy atom. The average Bonchev–Trinajstić information content (AvgIpc) is 2.73. The second-order valence-corrected chi connectivity index (χ2v) is 6.73. The van der Waals surface area contributed by atoms with Crippen molar-refractivity contribution >= 4 is 34.2 Å². The normalized spacial score (nSPS) is 10.6. The first kappa shape index (κ1) is 20.4. The Hall–Kier alpha value is -3.32. The molecule has 0 bridgehead atoms. The molecule has 0 aliphatic heterocycles. The van der Waals surface area contributed by atoms with E-state index >= 15 is 0 Å². The lowest BCUT2D eigenvalue weighted by Gasteiger charge is -2.17. The molecule has 0 fully saturated rings. The van der Waals surface area contributed by atoms with Crippen LogP contribution in [0.1, 0.15) is 10.5 Å². The van der Waals surface area contributed by atoms with Gasteiger partial charge in [0, 0.05) is 17.5 Å². The lowest BCUT2D eigenvalue weighted by molar-refractivity contribution is -0.133. The number of esters is 1. The molecule has 2 aromatic carbocycles. The number of ether oxygens (including phenoxy) is 2. The molecule has 1 aromatic heterocycles. The standard InChI is InChI=1S/C21H19ClN2O5/c1-24(10-11-28-16-8-6-15(22)7-9-16)19(25)13-29-21(27)18-12-14-4-2-3-5-17(14)20(26)23-18/h2-9,12H,10-11,13H2,1H3,(H,23,26). The Morgan fingerprint density at radius 3 is 2.59 bits per heavy atom. The lowest BCUT2D eigenvalue weighted by atomic mass is 10.1. The molecule has 0 aliphatic carbocycles. The van der Waals surface area contributed by atoms with Crippen LogP contribution in [0.2, 0.25) is 5.02 Å². The van der Waals surface area contributed by atoms with E-state index in [1.807, 2.05) is 0 Å². The van der Waals surface area contributed by atoms with Gasteiger partial charge in [0.25, 0.3) is 11.5 Å². The van der Waals surface area contributed by atoms with Crippen molar-refractivity contribution in [2.45, 2.75) is 0 Å². The summed E-state index contributed by atoms with van der Waals surface area (Å²) in [6, 6.07) is 15.3. The van der Waals surface area contributed by atoms with Gasteiger partial charge in [0.2, 0.25) is 0 Å². The molecule has 0 unspecified atom stereocenters. The van der Waals surface area contributed by atoms with Gasteiger partial charge in [-0.2, -0.15) is 0 Å². The number of nitrogens with zero attached hydrogens (tertiary/aromatic N) is 1. The maximum Gasteiger partial charge on any atom is 0.355 e. The summed E-state index contributed by atoms with van der Waals surface area (Å²) in [5, 5.41) is 1.70. The zero-order chi connectivity index (χ0) is 20.8. The van der Waals surface area contributed by atoms with Crippen LogP contribution in [-0.2, 0) is 9.53 Å². The van der Waals surface area contributed by atoms with E-state index in [1.165, 1.54) is 11.0 Å². The van der Waals surface area contributed by atoms with Crippen LogP contribution < -0.4 is 10.3 Å². The number of hydrogen-bond acceptors (Lipinski definition) is 5. The van der Waals surface area contributed by atoms with Crippen LogP contribution in [0, 0.1) is 0 Å². The number of aromatic amines is 1. The zero-order valence-corrected chi connectivity index (χ0v) is 16.4. The van der Waals surface area contributed by atoms with E-state index in [2.05, 4.69) is 4.98 Å². The number of H-pyrrole nitrogens is 1. The van der Waals surface area contributed by atoms with Gasteiger partial charge in [-0.05, 0) is 41.8 Å². The zero-order valence-electron chi connectivity index (χ0n) is 15.7. The van der Waals surface area contributed by atoms with Crippen LogP contribution in [0.5, 0.6) is 5.75 Å². The molecule has 0 spiro atoms. The highest BCUT2D eigenvalue weighted by atomic mass is 35.5. The van der Waals surface area contributed by atoms with E-state index in [0.717, 1.165) is 0 Å². The van der Waals surface area contributed by atoms with Gasteiger partial charge in [0.15, 0.2) is 6.61 Å². The Labute approximate surface area is 171 Å². The van der Waals surface area contributed by atoms with Crippen LogP contribution in [0.4, 0.5) is 0 Å². The molecule has 29 heavy (non-hydrogen) atoms. The van der Waals surface area contributed by atoms with E-state index in [4.69, 9.17) is 21.1 Å². The largest absolute Gasteiger partial charge is 0.492 e. The van der Waals surface area contributed by atoms with Crippen molar-refractivity contribution in [2.75, 3.05) is 26.8 Å². The number of carbonyl (C=O) groups is 2. The van der Waals surface area contributed by atoms with E-state index in [9.17, 15) is 14.4 Å². The monoisotopic (exact) mass is 414 g/mol. The minimum absolute atomic E-state index is 0.00442. The molecule has 3 aromatic rings. The van der Waals surface area contributed by atoms with Crippen molar-refractivity contribution in [3.63, 3.8) is 0 Å². The quantitative estimate of drug-likeness (QED) is 0.600. The Kier molecular flexibility index (Phi) is 6.51. The molecular formula is C21H19ClN2O5. The second kappa shape index (κ2) is 9.25. The van der Waals surface area contributed by atoms with Gasteiger partial charge in [0.1, 0.15) is 18.1 Å². The number of pyridine rings is 1. The van der Waals surface area contributed by atoms with Gasteiger partial charge in [-0.1, -0.05) is 29.8 Å². The first-order valence-corrected chi connectivity index (χ1v) is 9.23. The van der Waals surface area contributed by atoms with Crippen LogP contribution >= 0.6 is 11.6 Å². The number of rotatable bonds is 7. The molecule has 8 heteroatoms. The van der Waals surface area contributed by atoms with Crippen molar-refractivity contribution in [1.82, 2.24) is 9.88 Å². The van der Waals surface area contributed by atoms with E-state index in [0.29, 0.717) is 28.1 Å². The maximum atomic E-state index is 12.2. The fourth-order valence-corrected chi connectivity index (χ4v) is 2.72. The first-order valence-electron chi connectivity index (χ1n) is 8.85. The highest BCUT2D eigenvalue weighted by molar-refractivity contribution is 6.30. The van der Waals surface area contributed by atoms with Crippen LogP contribution in [-0.4, -0.2) is 48.6 Å². The van der Waals surface area contributed by atoms with Crippen molar-refractivity contribution in [1.29, 1.82) is 0 Å². The topological polar surface area (TPSA) is 88.7 Å². The van der Waals surface area contributed by atoms with Crippen molar-refractivity contribution < 1.29 is 19.1 Å². The maximum absolute atomic E-state index is 12.2. The summed E-state index contributed by atoms with van der Waals surface area (Å²) in [7, 11) is 1.58. The number of benzene rings is 2. The smallest absolute Gasteiger partial charge is 0.355 e. The fourth-order valence-electron chi connectivity index (χ4n) is 2.59. The third-order valence-corrected chi connectivity index (χ3v) is 4.49. The number of nitrogens with one attached hydrogen (secondary N) is 1. The SMILES string of the molecule is CN(CCOc1ccc(Cl)cc1)C(=O)COC(=O)c1cc2ccccc2c(=O)[nH]1. The average molecular weight is 415 g/mol. The summed E-state index contributed by atoms with van der Waals surface area (Å²) in [5.41, 5.74) is -0.395. The van der Waals surface area contributed by atoms with Crippen LogP contribution in [0.15, 0.2) is 59.4 Å². The molecule has 150 valence electrons. The highest BCUT2D eigenvalue weighted by Gasteiger charge is 2.15. The minimum atomic E-state index is -0.771. The summed E-state index contributed by atoms with van der Waals surface area (Å²) in [5.74, 6) is -0.518. The van der Waals surface area contributed by atoms with E-state index in [1.54, 1.807) is 55.6 Å². The molecule has 0 atom stereocenters. The number of fused-ring (bicyclic) bond motifs is 1. The third-order valence-electron chi connectivity index (χ3n) is 4.23. The first-order chi connectivity index (χ1) is 13.9. The number of likely N-dealkylation sites (N-methyl/N-ethyl adjacent to an activating group) is 1. The Balaban J connectivity index is 1.49. The number of carbonyl (C=O) groups excluding carboxylic acids is 2. The molecule has 3 rings (SSSR count). The Bertz CT molecular complexity index is 1080. The molecule has 1 amide bonds. The van der Waals surface area contributed by atoms with Crippen LogP contribution in [0.25, 0.3) is 10.8 Å². The fraction of sp³-hybridized carbons (Fsp3) is 0.190. The minimum Gasteiger partial charge on any atom is -0.492 e. The van der Waals surface area contributed by atoms with E-state index < -0.39 is 18.1 Å². The summed E-state index contributed by atoms with van der Waals surface area (Å²) >= 11 is 5.81. The second-order valence-electron chi connectivity index (χ2n) is 6.29. The number of hydrogen-bond donors (Lipinski definition) is 1. The molecule has 0 radical (unpaired) electrons. The van der Waals surface area contributed by atoms with E-state index in [-0.39, 0.29) is 18.2 Å². The van der Waals surface area contributed by atoms with Crippen molar-refractivity contribution in [3.05, 3.63) is 75.7 Å². The van der Waals surface area contributed by atoms with Gasteiger partial charge in [-0.3, -0.25) is 9.59 Å². The molecule has 0 aliphatic rings. The van der Waals surface area contributed by atoms with Gasteiger partial charge in [0.05, 0.1) is 6.54 Å². The van der Waals surface area contributed by atoms with Gasteiger partial charge < -0.3 is 19.4 Å². The predicted octanol–water partition coefficient (Wildman–Crippen LogP) is 2.88. The predicted molar refractivity (Wildman–Crippen MR) is 109 cm³/mol. The summed E-state index contributed by atoms with van der Waals surface area (Å²) in [6.45, 7) is 0.146. The van der Waals surface area contributed by atoms with Crippen LogP contribution in [0.3, 0.4) is 0 Å². The summed E-state index contributed by atoms with van der Waals surface area (Å²) in [6.07, 6.45) is 0. The Morgan fingerprint density at radius 1 is 1.10 bits per heavy atom. The van der Waals surface area contributed by atoms with Crippen molar-refractivity contribution in [3.8, 4) is 5.75 Å². The van der Waals surface area contributed by atoms with Crippen molar-refractivity contribution in [2.24, 2.45) is 0 Å². The molecule has 0 saturated carbocycles. The molecule has 0 saturated heterocycles. The number of amides is 1. The van der Waals surface area contributed by atoms with Gasteiger partial charge in [-0.15, -0.1) is 0 Å². The number of halogens is 1.